The molecule has 80 valence electrons. The second kappa shape index (κ2) is 5.47. The number of aromatic nitrogens is 1. The van der Waals surface area contributed by atoms with Gasteiger partial charge in [-0.15, -0.1) is 11.3 Å². The van der Waals surface area contributed by atoms with E-state index in [4.69, 9.17) is 5.73 Å². The fourth-order valence-corrected chi connectivity index (χ4v) is 2.97. The van der Waals surface area contributed by atoms with E-state index in [1.54, 1.807) is 0 Å². The number of aryl methyl sites for hydroxylation is 1. The summed E-state index contributed by atoms with van der Waals surface area (Å²) >= 11 is 1.85. The molecule has 0 saturated heterocycles. The van der Waals surface area contributed by atoms with Crippen molar-refractivity contribution in [3.05, 3.63) is 15.6 Å². The third-order valence-electron chi connectivity index (χ3n) is 2.62. The Kier molecular flexibility index (Phi) is 4.55. The van der Waals surface area contributed by atoms with E-state index in [0.29, 0.717) is 5.92 Å². The van der Waals surface area contributed by atoms with E-state index in [1.807, 2.05) is 11.3 Å². The molecule has 0 amide bonds. The Bertz CT molecular complexity index is 277. The second-order valence-corrected chi connectivity index (χ2v) is 4.73. The monoisotopic (exact) mass is 212 g/mol. The lowest BCUT2D eigenvalue weighted by atomic mass is 10.1. The van der Waals surface area contributed by atoms with Crippen molar-refractivity contribution in [2.75, 3.05) is 6.54 Å². The maximum absolute atomic E-state index is 5.56. The maximum atomic E-state index is 5.56. The zero-order chi connectivity index (χ0) is 10.6. The van der Waals surface area contributed by atoms with Crippen LogP contribution < -0.4 is 5.73 Å². The van der Waals surface area contributed by atoms with Gasteiger partial charge in [-0.25, -0.2) is 4.98 Å². The second-order valence-electron chi connectivity index (χ2n) is 3.61. The number of hydrogen-bond donors (Lipinski definition) is 1. The zero-order valence-corrected chi connectivity index (χ0v) is 10.2. The van der Waals surface area contributed by atoms with Gasteiger partial charge >= 0.3 is 0 Å². The van der Waals surface area contributed by atoms with Crippen LogP contribution in [0.2, 0.25) is 0 Å². The highest BCUT2D eigenvalue weighted by Crippen LogP contribution is 2.29. The molecule has 0 bridgehead atoms. The quantitative estimate of drug-likeness (QED) is 0.815. The molecule has 0 aliphatic rings. The van der Waals surface area contributed by atoms with Crippen LogP contribution >= 0.6 is 11.3 Å². The minimum absolute atomic E-state index is 0.644. The SMILES string of the molecule is CCC(CC)c1nc(C)c(CCN)s1. The van der Waals surface area contributed by atoms with Crippen LogP contribution in [0.5, 0.6) is 0 Å². The summed E-state index contributed by atoms with van der Waals surface area (Å²) in [5.41, 5.74) is 6.74. The molecular weight excluding hydrogens is 192 g/mol. The molecule has 0 atom stereocenters. The third-order valence-corrected chi connectivity index (χ3v) is 4.00. The van der Waals surface area contributed by atoms with Gasteiger partial charge in [0.15, 0.2) is 0 Å². The molecule has 3 heteroatoms. The van der Waals surface area contributed by atoms with E-state index < -0.39 is 0 Å². The standard InChI is InChI=1S/C11H20N2S/c1-4-9(5-2)11-13-8(3)10(14-11)6-7-12/h9H,4-7,12H2,1-3H3. The van der Waals surface area contributed by atoms with Gasteiger partial charge in [0.25, 0.3) is 0 Å². The predicted octanol–water partition coefficient (Wildman–Crippen LogP) is 2.86. The predicted molar refractivity (Wildman–Crippen MR) is 62.9 cm³/mol. The molecular formula is C11H20N2S. The van der Waals surface area contributed by atoms with E-state index >= 15 is 0 Å². The van der Waals surface area contributed by atoms with Gasteiger partial charge in [-0.1, -0.05) is 13.8 Å². The Morgan fingerprint density at radius 2 is 2.00 bits per heavy atom. The first-order valence-corrected chi connectivity index (χ1v) is 6.20. The molecule has 1 heterocycles. The highest BCUT2D eigenvalue weighted by atomic mass is 32.1. The average Bonchev–Trinajstić information content (AvgIpc) is 2.51. The molecule has 1 aromatic rings. The average molecular weight is 212 g/mol. The lowest BCUT2D eigenvalue weighted by molar-refractivity contribution is 0.636. The molecule has 2 N–H and O–H groups in total. The first-order valence-electron chi connectivity index (χ1n) is 5.39. The van der Waals surface area contributed by atoms with Gasteiger partial charge in [0, 0.05) is 10.8 Å². The minimum Gasteiger partial charge on any atom is -0.330 e. The summed E-state index contributed by atoms with van der Waals surface area (Å²) in [6, 6.07) is 0. The van der Waals surface area contributed by atoms with Gasteiger partial charge in [-0.05, 0) is 32.7 Å². The molecule has 2 nitrogen and oxygen atoms in total. The van der Waals surface area contributed by atoms with Crippen LogP contribution in [0, 0.1) is 6.92 Å². The van der Waals surface area contributed by atoms with Crippen molar-refractivity contribution in [1.29, 1.82) is 0 Å². The van der Waals surface area contributed by atoms with E-state index in [9.17, 15) is 0 Å². The lowest BCUT2D eigenvalue weighted by Crippen LogP contribution is -2.01. The van der Waals surface area contributed by atoms with Crippen LogP contribution in [-0.4, -0.2) is 11.5 Å². The molecule has 1 aromatic heterocycles. The molecule has 0 saturated carbocycles. The Hall–Kier alpha value is -0.410. The van der Waals surface area contributed by atoms with E-state index in [-0.39, 0.29) is 0 Å². The summed E-state index contributed by atoms with van der Waals surface area (Å²) in [7, 11) is 0. The summed E-state index contributed by atoms with van der Waals surface area (Å²) < 4.78 is 0. The normalized spacial score (nSPS) is 11.2. The van der Waals surface area contributed by atoms with Crippen molar-refractivity contribution in [2.45, 2.75) is 46.0 Å². The van der Waals surface area contributed by atoms with Crippen molar-refractivity contribution < 1.29 is 0 Å². The Morgan fingerprint density at radius 1 is 1.36 bits per heavy atom. The number of thiazole rings is 1. The van der Waals surface area contributed by atoms with Crippen LogP contribution in [-0.2, 0) is 6.42 Å². The van der Waals surface area contributed by atoms with Gasteiger partial charge in [0.2, 0.25) is 0 Å². The van der Waals surface area contributed by atoms with Crippen molar-refractivity contribution in [3.8, 4) is 0 Å². The van der Waals surface area contributed by atoms with Crippen molar-refractivity contribution in [2.24, 2.45) is 5.73 Å². The van der Waals surface area contributed by atoms with Gasteiger partial charge in [0.1, 0.15) is 0 Å². The van der Waals surface area contributed by atoms with Crippen LogP contribution in [0.4, 0.5) is 0 Å². The van der Waals surface area contributed by atoms with Gasteiger partial charge < -0.3 is 5.73 Å². The summed E-state index contributed by atoms with van der Waals surface area (Å²) in [6.07, 6.45) is 3.35. The molecule has 1 rings (SSSR count). The fraction of sp³-hybridized carbons (Fsp3) is 0.727. The minimum atomic E-state index is 0.644. The highest BCUT2D eigenvalue weighted by molar-refractivity contribution is 7.11. The summed E-state index contributed by atoms with van der Waals surface area (Å²) in [6.45, 7) is 7.28. The number of hydrogen-bond acceptors (Lipinski definition) is 3. The molecule has 0 aromatic carbocycles. The summed E-state index contributed by atoms with van der Waals surface area (Å²) in [5.74, 6) is 0.644. The molecule has 0 aliphatic carbocycles. The first-order chi connectivity index (χ1) is 6.72. The largest absolute Gasteiger partial charge is 0.330 e. The highest BCUT2D eigenvalue weighted by Gasteiger charge is 2.13. The van der Waals surface area contributed by atoms with Crippen LogP contribution in [0.3, 0.4) is 0 Å². The topological polar surface area (TPSA) is 38.9 Å². The molecule has 0 aliphatic heterocycles. The summed E-state index contributed by atoms with van der Waals surface area (Å²) in [5, 5.41) is 1.30. The fourth-order valence-electron chi connectivity index (χ4n) is 1.63. The third kappa shape index (κ3) is 2.55. The van der Waals surface area contributed by atoms with Gasteiger partial charge in [-0.2, -0.15) is 0 Å². The zero-order valence-electron chi connectivity index (χ0n) is 9.34. The number of nitrogens with zero attached hydrogens (tertiary/aromatic N) is 1. The van der Waals surface area contributed by atoms with E-state index in [0.717, 1.165) is 13.0 Å². The Labute approximate surface area is 90.6 Å². The van der Waals surface area contributed by atoms with E-state index in [1.165, 1.54) is 28.4 Å². The van der Waals surface area contributed by atoms with Crippen LogP contribution in [0.15, 0.2) is 0 Å². The summed E-state index contributed by atoms with van der Waals surface area (Å²) in [4.78, 5) is 6.00. The lowest BCUT2D eigenvalue weighted by Gasteiger charge is -2.06. The van der Waals surface area contributed by atoms with Crippen molar-refractivity contribution >= 4 is 11.3 Å². The van der Waals surface area contributed by atoms with Gasteiger partial charge in [0.05, 0.1) is 10.7 Å². The maximum Gasteiger partial charge on any atom is 0.0961 e. The number of rotatable bonds is 5. The van der Waals surface area contributed by atoms with Crippen LogP contribution in [0.1, 0.15) is 48.2 Å². The Balaban J connectivity index is 2.83. The van der Waals surface area contributed by atoms with E-state index in [2.05, 4.69) is 25.8 Å². The smallest absolute Gasteiger partial charge is 0.0961 e. The molecule has 0 unspecified atom stereocenters. The molecule has 0 radical (unpaired) electrons. The van der Waals surface area contributed by atoms with Gasteiger partial charge in [-0.3, -0.25) is 0 Å². The molecule has 0 spiro atoms. The van der Waals surface area contributed by atoms with Crippen molar-refractivity contribution in [1.82, 2.24) is 4.98 Å². The Morgan fingerprint density at radius 3 is 2.50 bits per heavy atom. The molecule has 14 heavy (non-hydrogen) atoms. The molecule has 0 fully saturated rings. The number of nitrogens with two attached hydrogens (primary N) is 1. The first kappa shape index (κ1) is 11.7. The van der Waals surface area contributed by atoms with Crippen LogP contribution in [0.25, 0.3) is 0 Å². The van der Waals surface area contributed by atoms with Crippen molar-refractivity contribution in [3.63, 3.8) is 0 Å².